The molecule has 0 bridgehead atoms. The standard InChI is InChI=1S/C10H16N2O2S2/c1-7-10(12-9(15-7)4-5-11)8-3-2-6-16(8,13)14/h8H,2-6,11H2,1H3. The lowest BCUT2D eigenvalue weighted by Crippen LogP contribution is -2.09. The molecule has 6 heteroatoms. The molecule has 0 amide bonds. The van der Waals surface area contributed by atoms with Crippen LogP contribution in [0.2, 0.25) is 0 Å². The third-order valence-electron chi connectivity index (χ3n) is 2.87. The van der Waals surface area contributed by atoms with Crippen molar-refractivity contribution in [3.63, 3.8) is 0 Å². The molecule has 1 aromatic rings. The lowest BCUT2D eigenvalue weighted by atomic mass is 10.2. The zero-order chi connectivity index (χ0) is 11.8. The second-order valence-corrected chi connectivity index (χ2v) is 7.68. The summed E-state index contributed by atoms with van der Waals surface area (Å²) >= 11 is 1.57. The van der Waals surface area contributed by atoms with Gasteiger partial charge in [-0.25, -0.2) is 13.4 Å². The predicted octanol–water partition coefficient (Wildman–Crippen LogP) is 1.20. The third kappa shape index (κ3) is 2.14. The molecule has 0 saturated carbocycles. The highest BCUT2D eigenvalue weighted by molar-refractivity contribution is 7.91. The number of nitrogens with two attached hydrogens (primary N) is 1. The number of aryl methyl sites for hydroxylation is 1. The van der Waals surface area contributed by atoms with Crippen LogP contribution in [0.1, 0.15) is 33.7 Å². The third-order valence-corrected chi connectivity index (χ3v) is 6.10. The quantitative estimate of drug-likeness (QED) is 0.886. The maximum absolute atomic E-state index is 11.8. The molecule has 1 aliphatic heterocycles. The van der Waals surface area contributed by atoms with Crippen LogP contribution >= 0.6 is 11.3 Å². The molecule has 0 aliphatic carbocycles. The first kappa shape index (κ1) is 12.0. The van der Waals surface area contributed by atoms with Gasteiger partial charge in [-0.3, -0.25) is 0 Å². The fourth-order valence-electron chi connectivity index (χ4n) is 2.09. The molecule has 0 radical (unpaired) electrons. The van der Waals surface area contributed by atoms with Crippen LogP contribution in [0.25, 0.3) is 0 Å². The lowest BCUT2D eigenvalue weighted by Gasteiger charge is -2.06. The van der Waals surface area contributed by atoms with Crippen LogP contribution in [0.5, 0.6) is 0 Å². The minimum atomic E-state index is -2.95. The van der Waals surface area contributed by atoms with Gasteiger partial charge in [-0.15, -0.1) is 11.3 Å². The van der Waals surface area contributed by atoms with Gasteiger partial charge in [-0.1, -0.05) is 0 Å². The maximum atomic E-state index is 11.8. The summed E-state index contributed by atoms with van der Waals surface area (Å²) in [7, 11) is -2.95. The molecule has 2 N–H and O–H groups in total. The first-order valence-corrected chi connectivity index (χ1v) is 7.95. The van der Waals surface area contributed by atoms with Gasteiger partial charge < -0.3 is 5.73 Å². The van der Waals surface area contributed by atoms with Crippen molar-refractivity contribution in [3.05, 3.63) is 15.6 Å². The Hall–Kier alpha value is -0.460. The molecule has 1 aliphatic rings. The number of sulfone groups is 1. The van der Waals surface area contributed by atoms with Crippen molar-refractivity contribution in [2.75, 3.05) is 12.3 Å². The van der Waals surface area contributed by atoms with E-state index >= 15 is 0 Å². The Morgan fingerprint density at radius 1 is 1.56 bits per heavy atom. The molecule has 0 spiro atoms. The molecule has 1 atom stereocenters. The number of thiazole rings is 1. The molecule has 90 valence electrons. The van der Waals surface area contributed by atoms with E-state index in [9.17, 15) is 8.42 Å². The van der Waals surface area contributed by atoms with Gasteiger partial charge in [0.15, 0.2) is 9.84 Å². The van der Waals surface area contributed by atoms with E-state index < -0.39 is 9.84 Å². The van der Waals surface area contributed by atoms with Crippen LogP contribution in [0.3, 0.4) is 0 Å². The topological polar surface area (TPSA) is 73.0 Å². The summed E-state index contributed by atoms with van der Waals surface area (Å²) in [6.45, 7) is 2.50. The molecular formula is C10H16N2O2S2. The number of rotatable bonds is 3. The highest BCUT2D eigenvalue weighted by Crippen LogP contribution is 2.37. The van der Waals surface area contributed by atoms with Gasteiger partial charge in [-0.2, -0.15) is 0 Å². The molecule has 2 rings (SSSR count). The predicted molar refractivity (Wildman–Crippen MR) is 65.4 cm³/mol. The molecule has 16 heavy (non-hydrogen) atoms. The molecule has 1 fully saturated rings. The van der Waals surface area contributed by atoms with Crippen molar-refractivity contribution in [1.82, 2.24) is 4.98 Å². The van der Waals surface area contributed by atoms with Crippen LogP contribution in [0.15, 0.2) is 0 Å². The van der Waals surface area contributed by atoms with Crippen LogP contribution in [0.4, 0.5) is 0 Å². The number of hydrogen-bond acceptors (Lipinski definition) is 5. The molecule has 1 aromatic heterocycles. The summed E-state index contributed by atoms with van der Waals surface area (Å²) in [4.78, 5) is 5.46. The fourth-order valence-corrected chi connectivity index (χ4v) is 5.13. The van der Waals surface area contributed by atoms with Gasteiger partial charge in [0.1, 0.15) is 5.25 Å². The maximum Gasteiger partial charge on any atom is 0.158 e. The number of nitrogens with zero attached hydrogens (tertiary/aromatic N) is 1. The van der Waals surface area contributed by atoms with Crippen molar-refractivity contribution >= 4 is 21.2 Å². The summed E-state index contributed by atoms with van der Waals surface area (Å²) in [5.74, 6) is 0.306. The summed E-state index contributed by atoms with van der Waals surface area (Å²) in [5.41, 5.74) is 6.24. The zero-order valence-electron chi connectivity index (χ0n) is 9.27. The van der Waals surface area contributed by atoms with E-state index in [0.717, 1.165) is 34.8 Å². The summed E-state index contributed by atoms with van der Waals surface area (Å²) in [6, 6.07) is 0. The van der Waals surface area contributed by atoms with Crippen molar-refractivity contribution < 1.29 is 8.42 Å². The Kier molecular flexibility index (Phi) is 3.32. The van der Waals surface area contributed by atoms with Gasteiger partial charge in [0, 0.05) is 11.3 Å². The molecule has 4 nitrogen and oxygen atoms in total. The lowest BCUT2D eigenvalue weighted by molar-refractivity contribution is 0.590. The minimum Gasteiger partial charge on any atom is -0.330 e. The average Bonchev–Trinajstić information content (AvgIpc) is 2.70. The first-order valence-electron chi connectivity index (χ1n) is 5.42. The first-order chi connectivity index (χ1) is 7.54. The Balaban J connectivity index is 2.33. The van der Waals surface area contributed by atoms with Crippen molar-refractivity contribution in [1.29, 1.82) is 0 Å². The van der Waals surface area contributed by atoms with E-state index in [4.69, 9.17) is 5.73 Å². The molecule has 1 saturated heterocycles. The van der Waals surface area contributed by atoms with E-state index in [2.05, 4.69) is 4.98 Å². The normalized spacial score (nSPS) is 23.8. The second kappa shape index (κ2) is 4.43. The Bertz CT molecular complexity index is 479. The SMILES string of the molecule is Cc1sc(CCN)nc1C1CCCS1(=O)=O. The van der Waals surface area contributed by atoms with Crippen LogP contribution < -0.4 is 5.73 Å². The van der Waals surface area contributed by atoms with Gasteiger partial charge in [0.05, 0.1) is 16.5 Å². The van der Waals surface area contributed by atoms with Crippen molar-refractivity contribution in [2.24, 2.45) is 5.73 Å². The largest absolute Gasteiger partial charge is 0.330 e. The van der Waals surface area contributed by atoms with Gasteiger partial charge >= 0.3 is 0 Å². The van der Waals surface area contributed by atoms with Crippen LogP contribution in [0, 0.1) is 6.92 Å². The van der Waals surface area contributed by atoms with Crippen molar-refractivity contribution in [2.45, 2.75) is 31.4 Å². The van der Waals surface area contributed by atoms with Gasteiger partial charge in [0.2, 0.25) is 0 Å². The van der Waals surface area contributed by atoms with E-state index in [0.29, 0.717) is 12.3 Å². The molecule has 2 heterocycles. The van der Waals surface area contributed by atoms with Crippen LogP contribution in [-0.4, -0.2) is 25.7 Å². The highest BCUT2D eigenvalue weighted by Gasteiger charge is 2.35. The average molecular weight is 260 g/mol. The Labute approximate surface area is 99.8 Å². The molecule has 0 aromatic carbocycles. The summed E-state index contributed by atoms with van der Waals surface area (Å²) in [5, 5.41) is 0.590. The van der Waals surface area contributed by atoms with E-state index in [1.54, 1.807) is 11.3 Å². The fraction of sp³-hybridized carbons (Fsp3) is 0.700. The minimum absolute atomic E-state index is 0.306. The van der Waals surface area contributed by atoms with Crippen LogP contribution in [-0.2, 0) is 16.3 Å². The smallest absolute Gasteiger partial charge is 0.158 e. The number of hydrogen-bond donors (Lipinski definition) is 1. The number of aromatic nitrogens is 1. The molecular weight excluding hydrogens is 244 g/mol. The van der Waals surface area contributed by atoms with E-state index in [1.165, 1.54) is 0 Å². The van der Waals surface area contributed by atoms with E-state index in [-0.39, 0.29) is 5.25 Å². The Morgan fingerprint density at radius 3 is 2.88 bits per heavy atom. The highest BCUT2D eigenvalue weighted by atomic mass is 32.2. The molecule has 1 unspecified atom stereocenters. The Morgan fingerprint density at radius 2 is 2.31 bits per heavy atom. The van der Waals surface area contributed by atoms with Crippen molar-refractivity contribution in [3.8, 4) is 0 Å². The van der Waals surface area contributed by atoms with Gasteiger partial charge in [-0.05, 0) is 26.3 Å². The second-order valence-electron chi connectivity index (χ2n) is 4.09. The monoisotopic (exact) mass is 260 g/mol. The van der Waals surface area contributed by atoms with Gasteiger partial charge in [0.25, 0.3) is 0 Å². The summed E-state index contributed by atoms with van der Waals surface area (Å²) in [6.07, 6.45) is 2.21. The summed E-state index contributed by atoms with van der Waals surface area (Å²) < 4.78 is 23.6. The van der Waals surface area contributed by atoms with E-state index in [1.807, 2.05) is 6.92 Å². The zero-order valence-corrected chi connectivity index (χ0v) is 10.9.